The van der Waals surface area contributed by atoms with Crippen molar-refractivity contribution in [3.8, 4) is 0 Å². The predicted octanol–water partition coefficient (Wildman–Crippen LogP) is 2.31. The summed E-state index contributed by atoms with van der Waals surface area (Å²) in [6.07, 6.45) is 9.36. The molecule has 1 saturated carbocycles. The van der Waals surface area contributed by atoms with E-state index in [1.54, 1.807) is 0 Å². The van der Waals surface area contributed by atoms with Crippen molar-refractivity contribution < 1.29 is 4.79 Å². The standard InChI is InChI=1S/C21H39N5OS/c1-2-22-20(23-11-7-13-25-12-6-8-19(25)27)24-18-21(9-4-3-5-10-21)26-14-16-28-17-15-26/h2-18H2,1H3,(H2,22,23,24). The van der Waals surface area contributed by atoms with Crippen molar-refractivity contribution in [3.05, 3.63) is 0 Å². The van der Waals surface area contributed by atoms with Gasteiger partial charge in [-0.25, -0.2) is 0 Å². The summed E-state index contributed by atoms with van der Waals surface area (Å²) >= 11 is 2.09. The average Bonchev–Trinajstić information content (AvgIpc) is 3.15. The number of thioether (sulfide) groups is 1. The Morgan fingerprint density at radius 3 is 2.57 bits per heavy atom. The zero-order chi connectivity index (χ0) is 19.7. The SMILES string of the molecule is CCNC(=NCC1(N2CCSCC2)CCCCC1)NCCCN1CCCC1=O. The van der Waals surface area contributed by atoms with Gasteiger partial charge in [-0.15, -0.1) is 0 Å². The molecule has 2 aliphatic heterocycles. The van der Waals surface area contributed by atoms with Crippen LogP contribution >= 0.6 is 11.8 Å². The summed E-state index contributed by atoms with van der Waals surface area (Å²) < 4.78 is 0. The van der Waals surface area contributed by atoms with Gasteiger partial charge in [-0.1, -0.05) is 19.3 Å². The number of amides is 1. The smallest absolute Gasteiger partial charge is 0.222 e. The highest BCUT2D eigenvalue weighted by atomic mass is 32.2. The third-order valence-electron chi connectivity index (χ3n) is 6.41. The van der Waals surface area contributed by atoms with Crippen molar-refractivity contribution in [3.63, 3.8) is 0 Å². The van der Waals surface area contributed by atoms with E-state index in [0.29, 0.717) is 5.91 Å². The van der Waals surface area contributed by atoms with Crippen LogP contribution in [0.5, 0.6) is 0 Å². The second-order valence-corrected chi connectivity index (χ2v) is 9.57. The summed E-state index contributed by atoms with van der Waals surface area (Å²) in [5.74, 6) is 3.78. The largest absolute Gasteiger partial charge is 0.357 e. The van der Waals surface area contributed by atoms with E-state index in [-0.39, 0.29) is 5.54 Å². The van der Waals surface area contributed by atoms with E-state index in [9.17, 15) is 4.79 Å². The van der Waals surface area contributed by atoms with Gasteiger partial charge >= 0.3 is 0 Å². The van der Waals surface area contributed by atoms with Crippen molar-refractivity contribution in [2.45, 2.75) is 63.8 Å². The maximum Gasteiger partial charge on any atom is 0.222 e. The molecule has 0 radical (unpaired) electrons. The summed E-state index contributed by atoms with van der Waals surface area (Å²) in [7, 11) is 0. The number of nitrogens with zero attached hydrogens (tertiary/aromatic N) is 3. The first-order chi connectivity index (χ1) is 13.7. The lowest BCUT2D eigenvalue weighted by atomic mass is 9.80. The van der Waals surface area contributed by atoms with E-state index >= 15 is 0 Å². The Bertz CT molecular complexity index is 515. The molecular formula is C21H39N5OS. The fourth-order valence-electron chi connectivity index (χ4n) is 4.81. The fourth-order valence-corrected chi connectivity index (χ4v) is 5.71. The Hall–Kier alpha value is -0.950. The summed E-state index contributed by atoms with van der Waals surface area (Å²) in [6, 6.07) is 0. The highest BCUT2D eigenvalue weighted by molar-refractivity contribution is 7.99. The molecule has 0 aromatic rings. The lowest BCUT2D eigenvalue weighted by molar-refractivity contribution is -0.127. The molecule has 7 heteroatoms. The number of aliphatic imine (C=N–C) groups is 1. The first-order valence-corrected chi connectivity index (χ1v) is 12.5. The van der Waals surface area contributed by atoms with Crippen molar-refractivity contribution in [2.75, 3.05) is 57.3 Å². The number of rotatable bonds is 8. The normalized spacial score (nSPS) is 23.8. The molecule has 0 aromatic heterocycles. The van der Waals surface area contributed by atoms with E-state index in [1.807, 2.05) is 4.90 Å². The van der Waals surface area contributed by atoms with Gasteiger partial charge in [0, 0.05) is 62.7 Å². The second-order valence-electron chi connectivity index (χ2n) is 8.34. The Morgan fingerprint density at radius 1 is 1.11 bits per heavy atom. The quantitative estimate of drug-likeness (QED) is 0.366. The van der Waals surface area contributed by atoms with Crippen LogP contribution in [0.1, 0.15) is 58.3 Å². The van der Waals surface area contributed by atoms with Crippen LogP contribution in [-0.4, -0.2) is 84.5 Å². The number of guanidine groups is 1. The first-order valence-electron chi connectivity index (χ1n) is 11.4. The average molecular weight is 410 g/mol. The molecule has 0 unspecified atom stereocenters. The van der Waals surface area contributed by atoms with Crippen molar-refractivity contribution in [2.24, 2.45) is 4.99 Å². The van der Waals surface area contributed by atoms with E-state index in [0.717, 1.165) is 57.9 Å². The molecule has 160 valence electrons. The number of hydrogen-bond donors (Lipinski definition) is 2. The third kappa shape index (κ3) is 6.02. The van der Waals surface area contributed by atoms with E-state index in [4.69, 9.17) is 4.99 Å². The zero-order valence-electron chi connectivity index (χ0n) is 17.7. The van der Waals surface area contributed by atoms with Crippen LogP contribution < -0.4 is 10.6 Å². The number of likely N-dealkylation sites (tertiary alicyclic amines) is 1. The van der Waals surface area contributed by atoms with Crippen molar-refractivity contribution in [1.82, 2.24) is 20.4 Å². The van der Waals surface area contributed by atoms with Crippen LogP contribution in [0.2, 0.25) is 0 Å². The summed E-state index contributed by atoms with van der Waals surface area (Å²) in [6.45, 7) is 9.00. The molecule has 28 heavy (non-hydrogen) atoms. The molecule has 3 aliphatic rings. The van der Waals surface area contributed by atoms with Gasteiger partial charge in [0.25, 0.3) is 0 Å². The molecule has 2 N–H and O–H groups in total. The molecule has 0 spiro atoms. The Labute approximate surface area is 175 Å². The van der Waals surface area contributed by atoms with Gasteiger partial charge in [0.15, 0.2) is 5.96 Å². The maximum atomic E-state index is 11.7. The Balaban J connectivity index is 1.52. The third-order valence-corrected chi connectivity index (χ3v) is 7.35. The minimum absolute atomic E-state index is 0.267. The molecule has 3 rings (SSSR count). The van der Waals surface area contributed by atoms with E-state index in [1.165, 1.54) is 56.7 Å². The first kappa shape index (κ1) is 21.8. The van der Waals surface area contributed by atoms with Gasteiger partial charge in [-0.05, 0) is 32.6 Å². The number of nitrogens with one attached hydrogen (secondary N) is 2. The van der Waals surface area contributed by atoms with Crippen LogP contribution in [0.4, 0.5) is 0 Å². The predicted molar refractivity (Wildman–Crippen MR) is 119 cm³/mol. The summed E-state index contributed by atoms with van der Waals surface area (Å²) in [5, 5.41) is 6.91. The van der Waals surface area contributed by atoms with Crippen LogP contribution in [0, 0.1) is 0 Å². The number of carbonyl (C=O) groups excluding carboxylic acids is 1. The minimum Gasteiger partial charge on any atom is -0.357 e. The lowest BCUT2D eigenvalue weighted by Crippen LogP contribution is -2.55. The zero-order valence-corrected chi connectivity index (χ0v) is 18.5. The molecule has 0 aromatic carbocycles. The molecule has 0 bridgehead atoms. The van der Waals surface area contributed by atoms with E-state index < -0.39 is 0 Å². The topological polar surface area (TPSA) is 60.0 Å². The molecule has 0 atom stereocenters. The van der Waals surface area contributed by atoms with Crippen LogP contribution in [0.25, 0.3) is 0 Å². The summed E-state index contributed by atoms with van der Waals surface area (Å²) in [5.41, 5.74) is 0.267. The molecule has 2 heterocycles. The number of carbonyl (C=O) groups is 1. The van der Waals surface area contributed by atoms with Gasteiger partial charge in [0.1, 0.15) is 0 Å². The summed E-state index contributed by atoms with van der Waals surface area (Å²) in [4.78, 5) is 21.5. The Kier molecular flexibility index (Phi) is 8.77. The van der Waals surface area contributed by atoms with Crippen molar-refractivity contribution in [1.29, 1.82) is 0 Å². The van der Waals surface area contributed by atoms with Crippen molar-refractivity contribution >= 4 is 23.6 Å². The van der Waals surface area contributed by atoms with Crippen LogP contribution in [0.3, 0.4) is 0 Å². The molecule has 6 nitrogen and oxygen atoms in total. The molecule has 1 aliphatic carbocycles. The van der Waals surface area contributed by atoms with Gasteiger partial charge < -0.3 is 15.5 Å². The van der Waals surface area contributed by atoms with Crippen LogP contribution in [-0.2, 0) is 4.79 Å². The Morgan fingerprint density at radius 2 is 1.89 bits per heavy atom. The van der Waals surface area contributed by atoms with Gasteiger partial charge in [0.2, 0.25) is 5.91 Å². The molecule has 3 fully saturated rings. The highest BCUT2D eigenvalue weighted by Gasteiger charge is 2.38. The number of hydrogen-bond acceptors (Lipinski definition) is 4. The van der Waals surface area contributed by atoms with Gasteiger partial charge in [-0.2, -0.15) is 11.8 Å². The maximum absolute atomic E-state index is 11.7. The molecule has 1 amide bonds. The van der Waals surface area contributed by atoms with Crippen LogP contribution in [0.15, 0.2) is 4.99 Å². The van der Waals surface area contributed by atoms with E-state index in [2.05, 4.69) is 34.2 Å². The highest BCUT2D eigenvalue weighted by Crippen LogP contribution is 2.35. The molecular weight excluding hydrogens is 370 g/mol. The molecule has 2 saturated heterocycles. The lowest BCUT2D eigenvalue weighted by Gasteiger charge is -2.47. The fraction of sp³-hybridized carbons (Fsp3) is 0.905. The van der Waals surface area contributed by atoms with Gasteiger partial charge in [-0.3, -0.25) is 14.7 Å². The van der Waals surface area contributed by atoms with Gasteiger partial charge in [0.05, 0.1) is 6.54 Å². The second kappa shape index (κ2) is 11.3. The monoisotopic (exact) mass is 409 g/mol. The minimum atomic E-state index is 0.267.